The smallest absolute Gasteiger partial charge is 0.405 e. The molecule has 0 fully saturated rings. The van der Waals surface area contributed by atoms with Crippen molar-refractivity contribution in [2.24, 2.45) is 0 Å². The van der Waals surface area contributed by atoms with Gasteiger partial charge in [-0.1, -0.05) is 0 Å². The summed E-state index contributed by atoms with van der Waals surface area (Å²) in [5, 5.41) is 2.55. The van der Waals surface area contributed by atoms with Crippen molar-refractivity contribution in [1.82, 2.24) is 9.97 Å². The molecule has 6 nitrogen and oxygen atoms in total. The van der Waals surface area contributed by atoms with Crippen LogP contribution in [0.3, 0.4) is 0 Å². The summed E-state index contributed by atoms with van der Waals surface area (Å²) in [5.74, 6) is 0.663. The van der Waals surface area contributed by atoms with Crippen LogP contribution in [0.15, 0.2) is 12.1 Å². The van der Waals surface area contributed by atoms with E-state index in [0.29, 0.717) is 22.4 Å². The highest BCUT2D eigenvalue weighted by molar-refractivity contribution is 5.91. The van der Waals surface area contributed by atoms with Gasteiger partial charge in [-0.05, 0) is 6.07 Å². The molecule has 0 saturated heterocycles. The van der Waals surface area contributed by atoms with Gasteiger partial charge in [0, 0.05) is 11.5 Å². The van der Waals surface area contributed by atoms with E-state index in [4.69, 9.17) is 15.2 Å². The van der Waals surface area contributed by atoms with Crippen LogP contribution in [0.4, 0.5) is 24.9 Å². The molecule has 2 rings (SSSR count). The van der Waals surface area contributed by atoms with Crippen LogP contribution < -0.4 is 20.5 Å². The Hall–Kier alpha value is -2.45. The average Bonchev–Trinajstić information content (AvgIpc) is 2.43. The van der Waals surface area contributed by atoms with Crippen molar-refractivity contribution in [3.05, 3.63) is 12.1 Å². The van der Waals surface area contributed by atoms with Crippen molar-refractivity contribution in [2.45, 2.75) is 6.18 Å². The van der Waals surface area contributed by atoms with Crippen LogP contribution in [0.2, 0.25) is 0 Å². The number of nitrogens with one attached hydrogen (secondary N) is 1. The van der Waals surface area contributed by atoms with Crippen molar-refractivity contribution in [2.75, 3.05) is 31.8 Å². The van der Waals surface area contributed by atoms with Gasteiger partial charge in [0.15, 0.2) is 11.5 Å². The van der Waals surface area contributed by atoms with E-state index in [-0.39, 0.29) is 11.8 Å². The first-order valence-electron chi connectivity index (χ1n) is 5.84. The first kappa shape index (κ1) is 14.9. The van der Waals surface area contributed by atoms with E-state index >= 15 is 0 Å². The minimum absolute atomic E-state index is 0.0469. The summed E-state index contributed by atoms with van der Waals surface area (Å²) < 4.78 is 46.8. The maximum Gasteiger partial charge on any atom is 0.405 e. The topological polar surface area (TPSA) is 82.3 Å². The van der Waals surface area contributed by atoms with Gasteiger partial charge in [0.25, 0.3) is 0 Å². The number of hydrogen-bond acceptors (Lipinski definition) is 6. The van der Waals surface area contributed by atoms with Crippen molar-refractivity contribution in [3.63, 3.8) is 0 Å². The molecule has 0 aliphatic rings. The van der Waals surface area contributed by atoms with Crippen LogP contribution in [0.5, 0.6) is 11.5 Å². The molecule has 1 aromatic heterocycles. The Morgan fingerprint density at radius 2 is 1.76 bits per heavy atom. The minimum Gasteiger partial charge on any atom is -0.493 e. The van der Waals surface area contributed by atoms with Crippen LogP contribution in [-0.4, -0.2) is 36.9 Å². The summed E-state index contributed by atoms with van der Waals surface area (Å²) in [6, 6.07) is 3.09. The molecule has 9 heteroatoms. The zero-order chi connectivity index (χ0) is 15.6. The molecule has 1 heterocycles. The number of nitrogens with two attached hydrogens (primary N) is 1. The van der Waals surface area contributed by atoms with Gasteiger partial charge in [-0.25, -0.2) is 4.98 Å². The van der Waals surface area contributed by atoms with E-state index in [9.17, 15) is 13.2 Å². The van der Waals surface area contributed by atoms with E-state index in [1.54, 1.807) is 6.07 Å². The van der Waals surface area contributed by atoms with Crippen molar-refractivity contribution in [3.8, 4) is 11.5 Å². The van der Waals surface area contributed by atoms with Crippen LogP contribution in [0.25, 0.3) is 10.9 Å². The quantitative estimate of drug-likeness (QED) is 0.901. The molecule has 21 heavy (non-hydrogen) atoms. The summed E-state index contributed by atoms with van der Waals surface area (Å²) in [6.45, 7) is -1.24. The largest absolute Gasteiger partial charge is 0.493 e. The van der Waals surface area contributed by atoms with Crippen LogP contribution >= 0.6 is 0 Å². The van der Waals surface area contributed by atoms with Gasteiger partial charge in [0.2, 0.25) is 5.95 Å². The molecule has 0 radical (unpaired) electrons. The number of ether oxygens (including phenoxy) is 2. The number of methoxy groups -OCH3 is 2. The number of nitrogen functional groups attached to an aromatic ring is 1. The normalized spacial score (nSPS) is 11.5. The maximum atomic E-state index is 12.2. The molecule has 0 aliphatic heterocycles. The number of halogens is 3. The van der Waals surface area contributed by atoms with Crippen molar-refractivity contribution in [1.29, 1.82) is 0 Å². The van der Waals surface area contributed by atoms with Gasteiger partial charge in [0.05, 0.1) is 19.7 Å². The summed E-state index contributed by atoms with van der Waals surface area (Å²) in [4.78, 5) is 7.78. The molecule has 0 unspecified atom stereocenters. The van der Waals surface area contributed by atoms with E-state index in [1.807, 2.05) is 0 Å². The molecule has 114 valence electrons. The highest BCUT2D eigenvalue weighted by Gasteiger charge is 2.27. The Balaban J connectivity index is 2.44. The lowest BCUT2D eigenvalue weighted by atomic mass is 10.2. The molecule has 0 aliphatic carbocycles. The second-order valence-corrected chi connectivity index (χ2v) is 4.13. The molecular weight excluding hydrogens is 289 g/mol. The maximum absolute atomic E-state index is 12.2. The van der Waals surface area contributed by atoms with Crippen LogP contribution in [0, 0.1) is 0 Å². The highest BCUT2D eigenvalue weighted by Crippen LogP contribution is 2.33. The van der Waals surface area contributed by atoms with Crippen molar-refractivity contribution < 1.29 is 22.6 Å². The summed E-state index contributed by atoms with van der Waals surface area (Å²) in [5.41, 5.74) is 6.09. The number of rotatable bonds is 4. The molecule has 0 atom stereocenters. The molecule has 2 aromatic rings. The third kappa shape index (κ3) is 3.36. The fourth-order valence-electron chi connectivity index (χ4n) is 1.74. The summed E-state index contributed by atoms with van der Waals surface area (Å²) in [6.07, 6.45) is -4.37. The SMILES string of the molecule is COc1cc2nc(NCC(F)(F)F)nc(N)c2cc1OC. The second kappa shape index (κ2) is 5.51. The van der Waals surface area contributed by atoms with Crippen molar-refractivity contribution >= 4 is 22.7 Å². The average molecular weight is 302 g/mol. The van der Waals surface area contributed by atoms with Gasteiger partial charge < -0.3 is 20.5 Å². The van der Waals surface area contributed by atoms with Crippen LogP contribution in [0.1, 0.15) is 0 Å². The van der Waals surface area contributed by atoms with Crippen LogP contribution in [-0.2, 0) is 0 Å². The number of nitrogens with zero attached hydrogens (tertiary/aromatic N) is 2. The van der Waals surface area contributed by atoms with Gasteiger partial charge in [0.1, 0.15) is 12.4 Å². The molecule has 0 bridgehead atoms. The standard InChI is InChI=1S/C12H13F3N4O2/c1-20-8-3-6-7(4-9(8)21-2)18-11(19-10(6)16)17-5-12(13,14)15/h3-4H,5H2,1-2H3,(H3,16,17,18,19). The Morgan fingerprint density at radius 3 is 2.33 bits per heavy atom. The highest BCUT2D eigenvalue weighted by atomic mass is 19.4. The number of anilines is 2. The summed E-state index contributed by atoms with van der Waals surface area (Å²) in [7, 11) is 2.90. The number of fused-ring (bicyclic) bond motifs is 1. The zero-order valence-electron chi connectivity index (χ0n) is 11.3. The molecule has 1 aromatic carbocycles. The predicted octanol–water partition coefficient (Wildman–Crippen LogP) is 2.20. The first-order valence-corrected chi connectivity index (χ1v) is 5.84. The van der Waals surface area contributed by atoms with E-state index in [2.05, 4.69) is 15.3 Å². The van der Waals surface area contributed by atoms with E-state index < -0.39 is 12.7 Å². The predicted molar refractivity (Wildman–Crippen MR) is 71.6 cm³/mol. The molecule has 0 spiro atoms. The zero-order valence-corrected chi connectivity index (χ0v) is 11.3. The number of alkyl halides is 3. The third-order valence-electron chi connectivity index (χ3n) is 2.68. The van der Waals surface area contributed by atoms with Gasteiger partial charge in [-0.3, -0.25) is 0 Å². The van der Waals surface area contributed by atoms with Gasteiger partial charge in [-0.15, -0.1) is 0 Å². The molecule has 0 amide bonds. The number of aromatic nitrogens is 2. The molecular formula is C12H13F3N4O2. The number of benzene rings is 1. The third-order valence-corrected chi connectivity index (χ3v) is 2.68. The number of hydrogen-bond donors (Lipinski definition) is 2. The first-order chi connectivity index (χ1) is 9.84. The Labute approximate surface area is 118 Å². The fourth-order valence-corrected chi connectivity index (χ4v) is 1.74. The fraction of sp³-hybridized carbons (Fsp3) is 0.333. The molecule has 3 N–H and O–H groups in total. The lowest BCUT2D eigenvalue weighted by molar-refractivity contribution is -0.115. The van der Waals surface area contributed by atoms with E-state index in [1.165, 1.54) is 20.3 Å². The lowest BCUT2D eigenvalue weighted by Gasteiger charge is -2.12. The molecule has 0 saturated carbocycles. The minimum atomic E-state index is -4.37. The Bertz CT molecular complexity index is 661. The second-order valence-electron chi connectivity index (χ2n) is 4.13. The summed E-state index contributed by atoms with van der Waals surface area (Å²) >= 11 is 0. The monoisotopic (exact) mass is 302 g/mol. The lowest BCUT2D eigenvalue weighted by Crippen LogP contribution is -2.22. The van der Waals surface area contributed by atoms with Gasteiger partial charge >= 0.3 is 6.18 Å². The Kier molecular flexibility index (Phi) is 3.92. The van der Waals surface area contributed by atoms with E-state index in [0.717, 1.165) is 0 Å². The Morgan fingerprint density at radius 1 is 1.14 bits per heavy atom. The van der Waals surface area contributed by atoms with Gasteiger partial charge in [-0.2, -0.15) is 18.2 Å².